The summed E-state index contributed by atoms with van der Waals surface area (Å²) in [6.45, 7) is 0. The molecule has 6 heteroatoms. The Morgan fingerprint density at radius 1 is 0.591 bits per heavy atom. The Hall–Kier alpha value is -4.00. The van der Waals surface area contributed by atoms with E-state index < -0.39 is 11.5 Å². The Kier molecular flexibility index (Phi) is 3.64. The molecule has 0 saturated carbocycles. The van der Waals surface area contributed by atoms with Gasteiger partial charge in [0.2, 0.25) is 0 Å². The molecule has 0 aliphatic heterocycles. The van der Waals surface area contributed by atoms with Crippen LogP contribution in [0.5, 0.6) is 11.5 Å². The van der Waals surface area contributed by atoms with E-state index in [0.29, 0.717) is 0 Å². The zero-order chi connectivity index (χ0) is 16.3. The molecule has 0 unspecified atom stereocenters. The van der Waals surface area contributed by atoms with E-state index in [2.05, 4.69) is 0 Å². The minimum Gasteiger partial charge on any atom is -0.507 e. The molecule has 0 aliphatic rings. The normalized spacial score (nSPS) is 9.09. The second-order valence-corrected chi connectivity index (χ2v) is 4.28. The van der Waals surface area contributed by atoms with Crippen molar-refractivity contribution in [2.24, 2.45) is 0 Å². The molecule has 102 valence electrons. The van der Waals surface area contributed by atoms with E-state index in [0.717, 1.165) is 12.1 Å². The van der Waals surface area contributed by atoms with Crippen molar-refractivity contribution in [2.75, 3.05) is 0 Å². The van der Waals surface area contributed by atoms with E-state index in [1.807, 2.05) is 12.1 Å². The van der Waals surface area contributed by atoms with E-state index in [-0.39, 0.29) is 33.4 Å². The smallest absolute Gasteiger partial charge is 0.126 e. The number of aromatic hydroxyl groups is 2. The van der Waals surface area contributed by atoms with Crippen LogP contribution in [0.3, 0.4) is 0 Å². The molecule has 0 amide bonds. The van der Waals surface area contributed by atoms with Crippen LogP contribution in [0, 0.1) is 45.3 Å². The number of hydrogen-bond acceptors (Lipinski definition) is 6. The molecule has 6 nitrogen and oxygen atoms in total. The van der Waals surface area contributed by atoms with Crippen molar-refractivity contribution in [3.8, 4) is 46.9 Å². The monoisotopic (exact) mass is 286 g/mol. The maximum atomic E-state index is 10.1. The number of nitrogens with zero attached hydrogens (tertiary/aromatic N) is 4. The van der Waals surface area contributed by atoms with Crippen molar-refractivity contribution in [1.29, 1.82) is 21.0 Å². The van der Waals surface area contributed by atoms with Crippen LogP contribution in [-0.2, 0) is 0 Å². The van der Waals surface area contributed by atoms with Crippen molar-refractivity contribution in [3.63, 3.8) is 0 Å². The van der Waals surface area contributed by atoms with Crippen molar-refractivity contribution >= 4 is 0 Å². The second kappa shape index (κ2) is 5.55. The summed E-state index contributed by atoms with van der Waals surface area (Å²) in [4.78, 5) is 0. The van der Waals surface area contributed by atoms with Crippen LogP contribution in [0.4, 0.5) is 0 Å². The van der Waals surface area contributed by atoms with Gasteiger partial charge in [-0.15, -0.1) is 0 Å². The van der Waals surface area contributed by atoms with Crippen LogP contribution in [0.15, 0.2) is 24.3 Å². The van der Waals surface area contributed by atoms with E-state index in [1.165, 1.54) is 12.1 Å². The topological polar surface area (TPSA) is 136 Å². The first-order valence-corrected chi connectivity index (χ1v) is 5.90. The third-order valence-electron chi connectivity index (χ3n) is 2.98. The van der Waals surface area contributed by atoms with Gasteiger partial charge in [-0.25, -0.2) is 0 Å². The Morgan fingerprint density at radius 3 is 1.23 bits per heavy atom. The van der Waals surface area contributed by atoms with Crippen molar-refractivity contribution in [2.45, 2.75) is 0 Å². The molecule has 22 heavy (non-hydrogen) atoms. The van der Waals surface area contributed by atoms with Gasteiger partial charge in [0.05, 0.1) is 46.5 Å². The maximum absolute atomic E-state index is 10.1. The second-order valence-electron chi connectivity index (χ2n) is 4.28. The summed E-state index contributed by atoms with van der Waals surface area (Å²) in [5.41, 5.74) is -0.0879. The average Bonchev–Trinajstić information content (AvgIpc) is 2.53. The first-order valence-electron chi connectivity index (χ1n) is 5.90. The molecule has 0 fully saturated rings. The summed E-state index contributed by atoms with van der Waals surface area (Å²) in [6, 6.07) is 12.0. The minimum absolute atomic E-state index is 0.0555. The number of phenolic OH excluding ortho intramolecular Hbond substituents is 2. The molecule has 2 aromatic carbocycles. The fraction of sp³-hybridized carbons (Fsp3) is 0. The number of benzene rings is 2. The number of nitriles is 4. The van der Waals surface area contributed by atoms with Crippen molar-refractivity contribution in [1.82, 2.24) is 0 Å². The predicted octanol–water partition coefficient (Wildman–Crippen LogP) is 2.25. The quantitative estimate of drug-likeness (QED) is 0.825. The number of rotatable bonds is 1. The predicted molar refractivity (Wildman–Crippen MR) is 74.1 cm³/mol. The summed E-state index contributed by atoms with van der Waals surface area (Å²) >= 11 is 0. The van der Waals surface area contributed by atoms with Crippen LogP contribution in [0.25, 0.3) is 11.1 Å². The highest BCUT2D eigenvalue weighted by atomic mass is 16.3. The molecule has 2 aromatic rings. The zero-order valence-corrected chi connectivity index (χ0v) is 11.0. The Balaban J connectivity index is 2.91. The largest absolute Gasteiger partial charge is 0.507 e. The van der Waals surface area contributed by atoms with Gasteiger partial charge in [-0.3, -0.25) is 0 Å². The van der Waals surface area contributed by atoms with Gasteiger partial charge in [0.15, 0.2) is 0 Å². The van der Waals surface area contributed by atoms with Gasteiger partial charge in [0.1, 0.15) is 11.5 Å². The fourth-order valence-corrected chi connectivity index (χ4v) is 2.08. The summed E-state index contributed by atoms with van der Waals surface area (Å²) < 4.78 is 0. The van der Waals surface area contributed by atoms with Crippen LogP contribution >= 0.6 is 0 Å². The van der Waals surface area contributed by atoms with E-state index in [1.54, 1.807) is 12.1 Å². The molecule has 0 aromatic heterocycles. The molecule has 0 radical (unpaired) electrons. The molecule has 0 saturated heterocycles. The molecular formula is C16H6N4O2. The molecule has 0 spiro atoms. The SMILES string of the molecule is N#Cc1cc(O)c(-c2c(O)cc(C#N)cc2C#N)c(C#N)c1. The van der Waals surface area contributed by atoms with Gasteiger partial charge in [-0.2, -0.15) is 21.0 Å². The van der Waals surface area contributed by atoms with Gasteiger partial charge >= 0.3 is 0 Å². The van der Waals surface area contributed by atoms with Crippen molar-refractivity contribution in [3.05, 3.63) is 46.5 Å². The first-order chi connectivity index (χ1) is 10.5. The van der Waals surface area contributed by atoms with E-state index in [4.69, 9.17) is 10.5 Å². The fourth-order valence-electron chi connectivity index (χ4n) is 2.08. The van der Waals surface area contributed by atoms with Crippen LogP contribution < -0.4 is 0 Å². The van der Waals surface area contributed by atoms with Crippen LogP contribution in [0.1, 0.15) is 22.3 Å². The summed E-state index contributed by atoms with van der Waals surface area (Å²) in [6.07, 6.45) is 0. The molecule has 0 heterocycles. The average molecular weight is 286 g/mol. The number of phenols is 2. The highest BCUT2D eigenvalue weighted by Crippen LogP contribution is 2.41. The van der Waals surface area contributed by atoms with E-state index >= 15 is 0 Å². The molecule has 2 N–H and O–H groups in total. The summed E-state index contributed by atoms with van der Waals surface area (Å²) in [7, 11) is 0. The van der Waals surface area contributed by atoms with Gasteiger partial charge in [0.25, 0.3) is 0 Å². The lowest BCUT2D eigenvalue weighted by Gasteiger charge is -2.11. The summed E-state index contributed by atoms with van der Waals surface area (Å²) in [5.74, 6) is -0.820. The Bertz CT molecular complexity index is 871. The summed E-state index contributed by atoms with van der Waals surface area (Å²) in [5, 5.41) is 56.2. The molecule has 0 bridgehead atoms. The van der Waals surface area contributed by atoms with Crippen LogP contribution in [0.2, 0.25) is 0 Å². The highest BCUT2D eigenvalue weighted by Gasteiger charge is 2.20. The zero-order valence-electron chi connectivity index (χ0n) is 11.0. The molecule has 2 rings (SSSR count). The van der Waals surface area contributed by atoms with Crippen LogP contribution in [-0.4, -0.2) is 10.2 Å². The van der Waals surface area contributed by atoms with Gasteiger partial charge in [-0.1, -0.05) is 0 Å². The van der Waals surface area contributed by atoms with Gasteiger partial charge in [-0.05, 0) is 24.3 Å². The number of hydrogen-bond donors (Lipinski definition) is 2. The minimum atomic E-state index is -0.410. The third-order valence-corrected chi connectivity index (χ3v) is 2.98. The first kappa shape index (κ1) is 14.4. The van der Waals surface area contributed by atoms with Gasteiger partial charge in [0, 0.05) is 11.1 Å². The lowest BCUT2D eigenvalue weighted by molar-refractivity contribution is 0.468. The van der Waals surface area contributed by atoms with Gasteiger partial charge < -0.3 is 10.2 Å². The maximum Gasteiger partial charge on any atom is 0.126 e. The standard InChI is InChI=1S/C16H6N4O2/c17-5-9-1-11(7-19)15(13(21)3-9)16-12(8-20)2-10(6-18)4-14(16)22/h1-4,21-22H. The third kappa shape index (κ3) is 2.25. The Labute approximate surface area is 125 Å². The molecular weight excluding hydrogens is 280 g/mol. The molecule has 0 aliphatic carbocycles. The van der Waals surface area contributed by atoms with E-state index in [9.17, 15) is 20.7 Å². The highest BCUT2D eigenvalue weighted by molar-refractivity contribution is 5.85. The Morgan fingerprint density at radius 2 is 0.955 bits per heavy atom. The molecule has 0 atom stereocenters. The lowest BCUT2D eigenvalue weighted by Crippen LogP contribution is -1.93. The lowest BCUT2D eigenvalue weighted by atomic mass is 9.92. The van der Waals surface area contributed by atoms with Crippen molar-refractivity contribution < 1.29 is 10.2 Å².